The molecular weight excluding hydrogens is 396 g/mol. The number of sulfonamides is 1. The maximum absolute atomic E-state index is 12.3. The zero-order valence-corrected chi connectivity index (χ0v) is 16.6. The molecule has 10 heteroatoms. The standard InChI is InChI=1S/C19H24N4O5S/c24-13-18-16(23-19(25)17-12-20-10-11-21-17)7-6-14(28-18)8-9-22-29(26,27)15-4-2-1-3-5-15/h1-5,10-12,14,16,18,22,24H,6-9,13H2,(H,23,25)/t14-,16-,18+/m0/s1. The second-order valence-electron chi connectivity index (χ2n) is 6.73. The van der Waals surface area contributed by atoms with Crippen LogP contribution in [0.2, 0.25) is 0 Å². The topological polar surface area (TPSA) is 131 Å². The number of carbonyl (C=O) groups is 1. The highest BCUT2D eigenvalue weighted by atomic mass is 32.2. The molecule has 1 aromatic carbocycles. The predicted octanol–water partition coefficient (Wildman–Crippen LogP) is 0.483. The van der Waals surface area contributed by atoms with Crippen LogP contribution in [-0.2, 0) is 14.8 Å². The molecule has 1 saturated heterocycles. The number of aromatic nitrogens is 2. The van der Waals surface area contributed by atoms with Gasteiger partial charge in [0.15, 0.2) is 0 Å². The van der Waals surface area contributed by atoms with Crippen molar-refractivity contribution in [2.24, 2.45) is 0 Å². The van der Waals surface area contributed by atoms with Gasteiger partial charge < -0.3 is 15.2 Å². The van der Waals surface area contributed by atoms with E-state index in [0.29, 0.717) is 19.3 Å². The van der Waals surface area contributed by atoms with Gasteiger partial charge in [-0.1, -0.05) is 18.2 Å². The van der Waals surface area contributed by atoms with Crippen molar-refractivity contribution in [2.45, 2.75) is 42.4 Å². The molecule has 0 radical (unpaired) electrons. The average molecular weight is 420 g/mol. The van der Waals surface area contributed by atoms with Gasteiger partial charge in [0.2, 0.25) is 10.0 Å². The molecule has 2 aromatic rings. The lowest BCUT2D eigenvalue weighted by Gasteiger charge is -2.36. The lowest BCUT2D eigenvalue weighted by Crippen LogP contribution is -2.51. The fourth-order valence-electron chi connectivity index (χ4n) is 3.21. The number of nitrogens with one attached hydrogen (secondary N) is 2. The van der Waals surface area contributed by atoms with Crippen LogP contribution in [0.5, 0.6) is 0 Å². The van der Waals surface area contributed by atoms with Gasteiger partial charge in [-0.3, -0.25) is 9.78 Å². The van der Waals surface area contributed by atoms with E-state index >= 15 is 0 Å². The smallest absolute Gasteiger partial charge is 0.271 e. The first-order valence-electron chi connectivity index (χ1n) is 9.37. The van der Waals surface area contributed by atoms with Crippen molar-refractivity contribution in [1.29, 1.82) is 0 Å². The average Bonchev–Trinajstić information content (AvgIpc) is 2.75. The van der Waals surface area contributed by atoms with Crippen molar-refractivity contribution in [1.82, 2.24) is 20.0 Å². The number of carbonyl (C=O) groups excluding carboxylic acids is 1. The van der Waals surface area contributed by atoms with Crippen molar-refractivity contribution >= 4 is 15.9 Å². The number of hydrogen-bond acceptors (Lipinski definition) is 7. The summed E-state index contributed by atoms with van der Waals surface area (Å²) < 4.78 is 32.9. The van der Waals surface area contributed by atoms with Gasteiger partial charge >= 0.3 is 0 Å². The van der Waals surface area contributed by atoms with E-state index in [1.807, 2.05) is 0 Å². The summed E-state index contributed by atoms with van der Waals surface area (Å²) in [7, 11) is -3.56. The molecule has 1 fully saturated rings. The van der Waals surface area contributed by atoms with Crippen molar-refractivity contribution in [3.05, 3.63) is 54.6 Å². The molecule has 3 N–H and O–H groups in total. The number of benzene rings is 1. The molecule has 3 rings (SSSR count). The van der Waals surface area contributed by atoms with E-state index in [4.69, 9.17) is 4.74 Å². The minimum Gasteiger partial charge on any atom is -0.394 e. The third-order valence-electron chi connectivity index (χ3n) is 4.72. The Hall–Kier alpha value is -2.40. The van der Waals surface area contributed by atoms with E-state index < -0.39 is 16.1 Å². The van der Waals surface area contributed by atoms with Crippen LogP contribution in [0.3, 0.4) is 0 Å². The summed E-state index contributed by atoms with van der Waals surface area (Å²) in [5.74, 6) is -0.376. The van der Waals surface area contributed by atoms with E-state index in [1.165, 1.54) is 30.7 Å². The third kappa shape index (κ3) is 5.80. The minimum absolute atomic E-state index is 0.196. The lowest BCUT2D eigenvalue weighted by atomic mass is 9.97. The number of nitrogens with zero attached hydrogens (tertiary/aromatic N) is 2. The molecule has 0 spiro atoms. The Morgan fingerprint density at radius 2 is 2.00 bits per heavy atom. The Balaban J connectivity index is 1.49. The van der Waals surface area contributed by atoms with Gasteiger partial charge in [0.25, 0.3) is 5.91 Å². The van der Waals surface area contributed by atoms with Crippen LogP contribution in [-0.4, -0.2) is 60.8 Å². The molecule has 29 heavy (non-hydrogen) atoms. The SMILES string of the molecule is O=C(N[C@H]1CC[C@@H](CCNS(=O)(=O)c2ccccc2)O[C@@H]1CO)c1cnccn1. The Morgan fingerprint density at radius 3 is 2.69 bits per heavy atom. The van der Waals surface area contributed by atoms with Crippen LogP contribution >= 0.6 is 0 Å². The summed E-state index contributed by atoms with van der Waals surface area (Å²) in [6.45, 7) is -0.0334. The Labute approximate surface area is 169 Å². The molecule has 1 aromatic heterocycles. The van der Waals surface area contributed by atoms with Crippen LogP contribution in [0.1, 0.15) is 29.8 Å². The number of hydrogen-bond donors (Lipinski definition) is 3. The van der Waals surface area contributed by atoms with Crippen molar-refractivity contribution in [3.63, 3.8) is 0 Å². The predicted molar refractivity (Wildman–Crippen MR) is 105 cm³/mol. The summed E-state index contributed by atoms with van der Waals surface area (Å²) >= 11 is 0. The van der Waals surface area contributed by atoms with Gasteiger partial charge in [-0.05, 0) is 31.4 Å². The summed E-state index contributed by atoms with van der Waals surface area (Å²) in [4.78, 5) is 20.3. The first kappa shape index (κ1) is 21.3. The first-order valence-corrected chi connectivity index (χ1v) is 10.9. The monoisotopic (exact) mass is 420 g/mol. The molecule has 1 aliphatic heterocycles. The molecule has 1 aliphatic rings. The number of rotatable bonds is 8. The zero-order chi connectivity index (χ0) is 20.7. The molecule has 3 atom stereocenters. The quantitative estimate of drug-likeness (QED) is 0.566. The van der Waals surface area contributed by atoms with E-state index in [0.717, 1.165) is 0 Å². The third-order valence-corrected chi connectivity index (χ3v) is 6.20. The molecule has 156 valence electrons. The molecule has 0 saturated carbocycles. The van der Waals surface area contributed by atoms with Crippen molar-refractivity contribution < 1.29 is 23.1 Å². The highest BCUT2D eigenvalue weighted by Gasteiger charge is 2.32. The zero-order valence-electron chi connectivity index (χ0n) is 15.8. The Bertz CT molecular complexity index is 895. The summed E-state index contributed by atoms with van der Waals surface area (Å²) in [5, 5.41) is 12.5. The first-order chi connectivity index (χ1) is 14.0. The normalized spacial score (nSPS) is 22.2. The fraction of sp³-hybridized carbons (Fsp3) is 0.421. The Morgan fingerprint density at radius 1 is 1.21 bits per heavy atom. The van der Waals surface area contributed by atoms with E-state index in [9.17, 15) is 18.3 Å². The molecule has 1 amide bonds. The largest absolute Gasteiger partial charge is 0.394 e. The van der Waals surface area contributed by atoms with Crippen LogP contribution < -0.4 is 10.0 Å². The van der Waals surface area contributed by atoms with E-state index in [-0.39, 0.29) is 41.8 Å². The second-order valence-corrected chi connectivity index (χ2v) is 8.49. The lowest BCUT2D eigenvalue weighted by molar-refractivity contribution is -0.0891. The fourth-order valence-corrected chi connectivity index (χ4v) is 4.27. The van der Waals surface area contributed by atoms with Crippen LogP contribution in [0.25, 0.3) is 0 Å². The van der Waals surface area contributed by atoms with Crippen LogP contribution in [0.15, 0.2) is 53.8 Å². The van der Waals surface area contributed by atoms with Gasteiger partial charge in [-0.25, -0.2) is 18.1 Å². The van der Waals surface area contributed by atoms with Gasteiger partial charge in [-0.15, -0.1) is 0 Å². The number of amides is 1. The molecule has 2 heterocycles. The molecular formula is C19H24N4O5S. The van der Waals surface area contributed by atoms with Crippen molar-refractivity contribution in [2.75, 3.05) is 13.2 Å². The molecule has 0 aliphatic carbocycles. The van der Waals surface area contributed by atoms with E-state index in [2.05, 4.69) is 20.0 Å². The van der Waals surface area contributed by atoms with Crippen LogP contribution in [0, 0.1) is 0 Å². The maximum atomic E-state index is 12.3. The molecule has 9 nitrogen and oxygen atoms in total. The number of aliphatic hydroxyl groups excluding tert-OH is 1. The summed E-state index contributed by atoms with van der Waals surface area (Å²) in [6.07, 6.45) is 5.20. The Kier molecular flexibility index (Phi) is 7.26. The number of aliphatic hydroxyl groups is 1. The van der Waals surface area contributed by atoms with Gasteiger partial charge in [0.1, 0.15) is 11.8 Å². The highest BCUT2D eigenvalue weighted by Crippen LogP contribution is 2.22. The van der Waals surface area contributed by atoms with Gasteiger partial charge in [0.05, 0.1) is 29.8 Å². The van der Waals surface area contributed by atoms with Gasteiger partial charge in [0, 0.05) is 18.9 Å². The number of ether oxygens (including phenoxy) is 1. The molecule has 0 bridgehead atoms. The van der Waals surface area contributed by atoms with E-state index in [1.54, 1.807) is 18.2 Å². The van der Waals surface area contributed by atoms with Gasteiger partial charge in [-0.2, -0.15) is 0 Å². The van der Waals surface area contributed by atoms with Crippen LogP contribution in [0.4, 0.5) is 0 Å². The van der Waals surface area contributed by atoms with Crippen molar-refractivity contribution in [3.8, 4) is 0 Å². The summed E-state index contributed by atoms with van der Waals surface area (Å²) in [5.41, 5.74) is 0.196. The summed E-state index contributed by atoms with van der Waals surface area (Å²) in [6, 6.07) is 7.80. The highest BCUT2D eigenvalue weighted by molar-refractivity contribution is 7.89. The minimum atomic E-state index is -3.56. The maximum Gasteiger partial charge on any atom is 0.271 e. The second kappa shape index (κ2) is 9.88. The molecule has 0 unspecified atom stereocenters.